The van der Waals surface area contributed by atoms with E-state index in [0.29, 0.717) is 13.2 Å². The Hall–Kier alpha value is -1.39. The van der Waals surface area contributed by atoms with Crippen LogP contribution in [-0.4, -0.2) is 37.1 Å². The van der Waals surface area contributed by atoms with Crippen LogP contribution >= 0.6 is 0 Å². The van der Waals surface area contributed by atoms with E-state index in [-0.39, 0.29) is 11.9 Å². The Morgan fingerprint density at radius 3 is 2.35 bits per heavy atom. The number of ether oxygens (including phenoxy) is 1. The molecule has 0 radical (unpaired) electrons. The number of hydrogen-bond acceptors (Lipinski definition) is 3. The molecule has 0 heterocycles. The van der Waals surface area contributed by atoms with E-state index in [9.17, 15) is 4.79 Å². The maximum Gasteiger partial charge on any atom is 0.244 e. The van der Waals surface area contributed by atoms with E-state index >= 15 is 0 Å². The van der Waals surface area contributed by atoms with Gasteiger partial charge in [-0.2, -0.15) is 0 Å². The normalized spacial score (nSPS) is 12.4. The lowest BCUT2D eigenvalue weighted by molar-refractivity contribution is -0.136. The van der Waals surface area contributed by atoms with E-state index in [1.54, 1.807) is 7.11 Å². The zero-order valence-corrected chi connectivity index (χ0v) is 12.7. The first kappa shape index (κ1) is 16.7. The van der Waals surface area contributed by atoms with Crippen molar-refractivity contribution in [3.63, 3.8) is 0 Å². The van der Waals surface area contributed by atoms with Crippen LogP contribution in [0.5, 0.6) is 0 Å². The van der Waals surface area contributed by atoms with Crippen molar-refractivity contribution in [1.82, 2.24) is 4.90 Å². The zero-order valence-electron chi connectivity index (χ0n) is 12.7. The van der Waals surface area contributed by atoms with E-state index in [1.165, 1.54) is 0 Å². The van der Waals surface area contributed by atoms with Crippen molar-refractivity contribution < 1.29 is 9.53 Å². The maximum absolute atomic E-state index is 12.7. The molecule has 0 fully saturated rings. The highest BCUT2D eigenvalue weighted by atomic mass is 16.5. The van der Waals surface area contributed by atoms with Crippen molar-refractivity contribution in [1.29, 1.82) is 0 Å². The van der Waals surface area contributed by atoms with Crippen LogP contribution in [-0.2, 0) is 9.53 Å². The van der Waals surface area contributed by atoms with Gasteiger partial charge in [0.15, 0.2) is 0 Å². The van der Waals surface area contributed by atoms with Crippen LogP contribution in [0.2, 0.25) is 0 Å². The minimum Gasteiger partial charge on any atom is -0.383 e. The van der Waals surface area contributed by atoms with Gasteiger partial charge in [0.2, 0.25) is 5.91 Å². The van der Waals surface area contributed by atoms with Gasteiger partial charge in [0.05, 0.1) is 6.61 Å². The predicted molar refractivity (Wildman–Crippen MR) is 81.3 cm³/mol. The first-order chi connectivity index (χ1) is 9.65. The highest BCUT2D eigenvalue weighted by Gasteiger charge is 2.26. The van der Waals surface area contributed by atoms with Crippen LogP contribution in [0.3, 0.4) is 0 Å². The summed E-state index contributed by atoms with van der Waals surface area (Å²) in [6.45, 7) is 5.30. The number of rotatable bonds is 8. The summed E-state index contributed by atoms with van der Waals surface area (Å²) < 4.78 is 5.11. The minimum absolute atomic E-state index is 0.0260. The summed E-state index contributed by atoms with van der Waals surface area (Å²) in [5.74, 6) is -0.0260. The highest BCUT2D eigenvalue weighted by Crippen LogP contribution is 2.17. The fraction of sp³-hybridized carbons (Fsp3) is 0.562. The van der Waals surface area contributed by atoms with Crippen molar-refractivity contribution in [3.05, 3.63) is 35.9 Å². The van der Waals surface area contributed by atoms with Crippen LogP contribution in [0.15, 0.2) is 30.3 Å². The fourth-order valence-corrected chi connectivity index (χ4v) is 2.37. The van der Waals surface area contributed by atoms with E-state index in [4.69, 9.17) is 10.5 Å². The third kappa shape index (κ3) is 4.32. The Kier molecular flexibility index (Phi) is 7.26. The number of nitrogens with zero attached hydrogens (tertiary/aromatic N) is 1. The molecule has 1 aromatic carbocycles. The summed E-state index contributed by atoms with van der Waals surface area (Å²) >= 11 is 0. The maximum atomic E-state index is 12.7. The summed E-state index contributed by atoms with van der Waals surface area (Å²) in [6.07, 6.45) is 1.85. The lowest BCUT2D eigenvalue weighted by Gasteiger charge is -2.32. The molecule has 2 N–H and O–H groups in total. The number of nitrogens with two attached hydrogens (primary N) is 1. The molecule has 0 saturated heterocycles. The molecular weight excluding hydrogens is 252 g/mol. The van der Waals surface area contributed by atoms with Gasteiger partial charge < -0.3 is 15.4 Å². The molecule has 0 bridgehead atoms. The molecule has 112 valence electrons. The molecular formula is C16H26N2O2. The number of carbonyl (C=O) groups is 1. The third-order valence-corrected chi connectivity index (χ3v) is 3.63. The van der Waals surface area contributed by atoms with E-state index in [1.807, 2.05) is 35.2 Å². The summed E-state index contributed by atoms with van der Waals surface area (Å²) in [5, 5.41) is 0. The summed E-state index contributed by atoms with van der Waals surface area (Å²) in [7, 11) is 1.65. The molecule has 1 aromatic rings. The van der Waals surface area contributed by atoms with E-state index in [0.717, 1.165) is 18.4 Å². The van der Waals surface area contributed by atoms with Gasteiger partial charge in [-0.25, -0.2) is 0 Å². The van der Waals surface area contributed by atoms with Gasteiger partial charge in [-0.1, -0.05) is 44.2 Å². The Morgan fingerprint density at radius 1 is 1.25 bits per heavy atom. The quantitative estimate of drug-likeness (QED) is 0.794. The second-order valence-corrected chi connectivity index (χ2v) is 4.88. The minimum atomic E-state index is -0.603. The Bertz CT molecular complexity index is 391. The molecule has 0 aliphatic heterocycles. The van der Waals surface area contributed by atoms with E-state index in [2.05, 4.69) is 13.8 Å². The van der Waals surface area contributed by atoms with Crippen molar-refractivity contribution in [2.24, 2.45) is 5.73 Å². The number of carbonyl (C=O) groups excluding carboxylic acids is 1. The lowest BCUT2D eigenvalue weighted by atomic mass is 10.0. The number of methoxy groups -OCH3 is 1. The van der Waals surface area contributed by atoms with Crippen LogP contribution in [0.1, 0.15) is 38.3 Å². The molecule has 0 aliphatic rings. The highest BCUT2D eigenvalue weighted by molar-refractivity contribution is 5.83. The van der Waals surface area contributed by atoms with Crippen LogP contribution in [0.25, 0.3) is 0 Å². The summed E-state index contributed by atoms with van der Waals surface area (Å²) in [4.78, 5) is 14.5. The van der Waals surface area contributed by atoms with Crippen molar-refractivity contribution >= 4 is 5.91 Å². The average Bonchev–Trinajstić information content (AvgIpc) is 2.51. The lowest BCUT2D eigenvalue weighted by Crippen LogP contribution is -2.46. The first-order valence-electron chi connectivity index (χ1n) is 7.25. The monoisotopic (exact) mass is 278 g/mol. The Labute approximate surface area is 121 Å². The van der Waals surface area contributed by atoms with Crippen LogP contribution in [0, 0.1) is 0 Å². The molecule has 0 aromatic heterocycles. The Balaban J connectivity index is 2.86. The molecule has 1 atom stereocenters. The van der Waals surface area contributed by atoms with Crippen molar-refractivity contribution in [3.8, 4) is 0 Å². The van der Waals surface area contributed by atoms with Gasteiger partial charge in [-0.3, -0.25) is 4.79 Å². The van der Waals surface area contributed by atoms with Gasteiger partial charge in [0.25, 0.3) is 0 Å². The molecule has 0 aliphatic carbocycles. The van der Waals surface area contributed by atoms with Crippen LogP contribution < -0.4 is 5.73 Å². The molecule has 4 nitrogen and oxygen atoms in total. The molecule has 4 heteroatoms. The third-order valence-electron chi connectivity index (χ3n) is 3.63. The molecule has 0 spiro atoms. The van der Waals surface area contributed by atoms with Gasteiger partial charge in [0, 0.05) is 19.7 Å². The molecule has 1 rings (SSSR count). The number of benzene rings is 1. The number of amides is 1. The largest absolute Gasteiger partial charge is 0.383 e. The summed E-state index contributed by atoms with van der Waals surface area (Å²) in [5.41, 5.74) is 6.98. The second-order valence-electron chi connectivity index (χ2n) is 4.88. The van der Waals surface area contributed by atoms with Crippen molar-refractivity contribution in [2.45, 2.75) is 38.8 Å². The van der Waals surface area contributed by atoms with Gasteiger partial charge in [-0.15, -0.1) is 0 Å². The molecule has 20 heavy (non-hydrogen) atoms. The molecule has 1 unspecified atom stereocenters. The first-order valence-corrected chi connectivity index (χ1v) is 7.25. The molecule has 1 amide bonds. The standard InChI is InChI=1S/C16H26N2O2/c1-4-14(5-2)18(11-12-20-3)16(19)15(17)13-9-7-6-8-10-13/h6-10,14-15H,4-5,11-12,17H2,1-3H3. The van der Waals surface area contributed by atoms with Crippen LogP contribution in [0.4, 0.5) is 0 Å². The van der Waals surface area contributed by atoms with Gasteiger partial charge in [-0.05, 0) is 18.4 Å². The van der Waals surface area contributed by atoms with Gasteiger partial charge >= 0.3 is 0 Å². The second kappa shape index (κ2) is 8.72. The zero-order chi connectivity index (χ0) is 15.0. The predicted octanol–water partition coefficient (Wildman–Crippen LogP) is 2.35. The summed E-state index contributed by atoms with van der Waals surface area (Å²) in [6, 6.07) is 9.12. The number of hydrogen-bond donors (Lipinski definition) is 1. The SMILES string of the molecule is CCC(CC)N(CCOC)C(=O)C(N)c1ccccc1. The average molecular weight is 278 g/mol. The van der Waals surface area contributed by atoms with E-state index < -0.39 is 6.04 Å². The van der Waals surface area contributed by atoms with Crippen molar-refractivity contribution in [2.75, 3.05) is 20.3 Å². The topological polar surface area (TPSA) is 55.6 Å². The smallest absolute Gasteiger partial charge is 0.244 e. The fourth-order valence-electron chi connectivity index (χ4n) is 2.37. The van der Waals surface area contributed by atoms with Gasteiger partial charge in [0.1, 0.15) is 6.04 Å². The Morgan fingerprint density at radius 2 is 1.85 bits per heavy atom. The molecule has 0 saturated carbocycles.